The second-order valence-corrected chi connectivity index (χ2v) is 5.85. The molecular formula is C17H22N4O2. The molecule has 1 aliphatic heterocycles. The number of hydrogen-bond acceptors (Lipinski definition) is 5. The SMILES string of the molecule is CCc1cc(C(=O)N2CCC[C@H](c3ccnc(NC)c3)C2)on1. The first kappa shape index (κ1) is 15.5. The Kier molecular flexibility index (Phi) is 4.60. The van der Waals surface area contributed by atoms with Crippen LogP contribution in [-0.2, 0) is 6.42 Å². The van der Waals surface area contributed by atoms with Crippen LogP contribution in [0.2, 0.25) is 0 Å². The van der Waals surface area contributed by atoms with Gasteiger partial charge in [-0.2, -0.15) is 0 Å². The van der Waals surface area contributed by atoms with E-state index in [9.17, 15) is 4.79 Å². The van der Waals surface area contributed by atoms with Crippen LogP contribution in [0.15, 0.2) is 28.9 Å². The molecule has 2 aromatic heterocycles. The molecule has 0 spiro atoms. The van der Waals surface area contributed by atoms with Gasteiger partial charge in [0.1, 0.15) is 5.82 Å². The summed E-state index contributed by atoms with van der Waals surface area (Å²) in [7, 11) is 1.86. The molecule has 1 atom stereocenters. The van der Waals surface area contributed by atoms with Crippen LogP contribution in [-0.4, -0.2) is 41.1 Å². The number of rotatable bonds is 4. The molecule has 0 saturated carbocycles. The number of piperidine rings is 1. The maximum atomic E-state index is 12.6. The highest BCUT2D eigenvalue weighted by Crippen LogP contribution is 2.28. The normalized spacial score (nSPS) is 18.0. The topological polar surface area (TPSA) is 71.3 Å². The van der Waals surface area contributed by atoms with Crippen molar-refractivity contribution in [2.75, 3.05) is 25.5 Å². The van der Waals surface area contributed by atoms with Gasteiger partial charge < -0.3 is 14.7 Å². The van der Waals surface area contributed by atoms with Gasteiger partial charge in [-0.3, -0.25) is 4.79 Å². The minimum absolute atomic E-state index is 0.0650. The van der Waals surface area contributed by atoms with Crippen molar-refractivity contribution in [2.45, 2.75) is 32.1 Å². The van der Waals surface area contributed by atoms with Crippen LogP contribution in [0.3, 0.4) is 0 Å². The van der Waals surface area contributed by atoms with Crippen molar-refractivity contribution in [3.63, 3.8) is 0 Å². The Labute approximate surface area is 135 Å². The van der Waals surface area contributed by atoms with E-state index in [0.717, 1.165) is 37.3 Å². The maximum Gasteiger partial charge on any atom is 0.292 e. The zero-order valence-corrected chi connectivity index (χ0v) is 13.6. The molecule has 3 heterocycles. The number of anilines is 1. The van der Waals surface area contributed by atoms with Crippen molar-refractivity contribution in [3.8, 4) is 0 Å². The quantitative estimate of drug-likeness (QED) is 0.939. The molecule has 2 aromatic rings. The van der Waals surface area contributed by atoms with E-state index in [1.54, 1.807) is 6.07 Å². The van der Waals surface area contributed by atoms with Gasteiger partial charge in [-0.25, -0.2) is 4.98 Å². The van der Waals surface area contributed by atoms with E-state index >= 15 is 0 Å². The van der Waals surface area contributed by atoms with Crippen molar-refractivity contribution in [1.82, 2.24) is 15.0 Å². The van der Waals surface area contributed by atoms with Gasteiger partial charge in [0.2, 0.25) is 5.76 Å². The summed E-state index contributed by atoms with van der Waals surface area (Å²) in [5, 5.41) is 6.97. The molecule has 1 N–H and O–H groups in total. The molecule has 1 fully saturated rings. The fraction of sp³-hybridized carbons (Fsp3) is 0.471. The molecule has 6 heteroatoms. The van der Waals surface area contributed by atoms with Gasteiger partial charge in [0.05, 0.1) is 5.69 Å². The van der Waals surface area contributed by atoms with Gasteiger partial charge >= 0.3 is 0 Å². The predicted octanol–water partition coefficient (Wildman–Crippen LogP) is 2.69. The molecular weight excluding hydrogens is 292 g/mol. The predicted molar refractivity (Wildman–Crippen MR) is 87.5 cm³/mol. The van der Waals surface area contributed by atoms with Crippen LogP contribution in [0.1, 0.15) is 47.5 Å². The minimum atomic E-state index is -0.0650. The number of carbonyl (C=O) groups excluding carboxylic acids is 1. The summed E-state index contributed by atoms with van der Waals surface area (Å²) in [6, 6.07) is 5.84. The standard InChI is InChI=1S/C17H22N4O2/c1-3-14-10-15(23-20-14)17(22)21-8-4-5-13(11-21)12-6-7-19-16(9-12)18-2/h6-7,9-10,13H,3-5,8,11H2,1-2H3,(H,18,19)/t13-/m0/s1. The summed E-state index contributed by atoms with van der Waals surface area (Å²) in [5.74, 6) is 1.46. The lowest BCUT2D eigenvalue weighted by molar-refractivity contribution is 0.0665. The molecule has 1 aliphatic rings. The number of aromatic nitrogens is 2. The average Bonchev–Trinajstić information content (AvgIpc) is 3.10. The lowest BCUT2D eigenvalue weighted by atomic mass is 9.91. The molecule has 0 unspecified atom stereocenters. The highest BCUT2D eigenvalue weighted by Gasteiger charge is 2.27. The van der Waals surface area contributed by atoms with Crippen LogP contribution in [0.5, 0.6) is 0 Å². The Morgan fingerprint density at radius 3 is 3.09 bits per heavy atom. The lowest BCUT2D eigenvalue weighted by Gasteiger charge is -2.32. The Morgan fingerprint density at radius 2 is 2.35 bits per heavy atom. The van der Waals surface area contributed by atoms with Gasteiger partial charge in [0.15, 0.2) is 0 Å². The third kappa shape index (κ3) is 3.36. The number of likely N-dealkylation sites (tertiary alicyclic amines) is 1. The molecule has 0 aliphatic carbocycles. The van der Waals surface area contributed by atoms with E-state index in [1.165, 1.54) is 5.56 Å². The molecule has 0 bridgehead atoms. The third-order valence-electron chi connectivity index (χ3n) is 4.35. The largest absolute Gasteiger partial charge is 0.373 e. The van der Waals surface area contributed by atoms with E-state index in [1.807, 2.05) is 31.1 Å². The number of nitrogens with zero attached hydrogens (tertiary/aromatic N) is 3. The summed E-state index contributed by atoms with van der Waals surface area (Å²) >= 11 is 0. The van der Waals surface area contributed by atoms with Crippen LogP contribution in [0.25, 0.3) is 0 Å². The molecule has 122 valence electrons. The molecule has 0 aromatic carbocycles. The van der Waals surface area contributed by atoms with E-state index in [4.69, 9.17) is 4.52 Å². The van der Waals surface area contributed by atoms with Crippen molar-refractivity contribution >= 4 is 11.7 Å². The monoisotopic (exact) mass is 314 g/mol. The first-order chi connectivity index (χ1) is 11.2. The summed E-state index contributed by atoms with van der Waals surface area (Å²) in [6.07, 6.45) is 4.64. The Bertz CT molecular complexity index is 683. The minimum Gasteiger partial charge on any atom is -0.373 e. The van der Waals surface area contributed by atoms with Gasteiger partial charge in [0, 0.05) is 38.3 Å². The fourth-order valence-electron chi connectivity index (χ4n) is 3.01. The van der Waals surface area contributed by atoms with Crippen LogP contribution >= 0.6 is 0 Å². The van der Waals surface area contributed by atoms with Crippen molar-refractivity contribution in [1.29, 1.82) is 0 Å². The van der Waals surface area contributed by atoms with Gasteiger partial charge in [-0.05, 0) is 37.0 Å². The van der Waals surface area contributed by atoms with Crippen molar-refractivity contribution < 1.29 is 9.32 Å². The third-order valence-corrected chi connectivity index (χ3v) is 4.35. The number of hydrogen-bond donors (Lipinski definition) is 1. The maximum absolute atomic E-state index is 12.6. The number of amides is 1. The van der Waals surface area contributed by atoms with Crippen LogP contribution in [0, 0.1) is 0 Å². The van der Waals surface area contributed by atoms with Crippen molar-refractivity contribution in [2.24, 2.45) is 0 Å². The van der Waals surface area contributed by atoms with Gasteiger partial charge in [-0.1, -0.05) is 12.1 Å². The summed E-state index contributed by atoms with van der Waals surface area (Å²) in [6.45, 7) is 3.46. The van der Waals surface area contributed by atoms with Crippen LogP contribution in [0.4, 0.5) is 5.82 Å². The van der Waals surface area contributed by atoms with E-state index < -0.39 is 0 Å². The molecule has 1 saturated heterocycles. The lowest BCUT2D eigenvalue weighted by Crippen LogP contribution is -2.39. The number of carbonyl (C=O) groups is 1. The molecule has 23 heavy (non-hydrogen) atoms. The first-order valence-electron chi connectivity index (χ1n) is 8.09. The molecule has 0 radical (unpaired) electrons. The second kappa shape index (κ2) is 6.81. The average molecular weight is 314 g/mol. The zero-order chi connectivity index (χ0) is 16.2. The highest BCUT2D eigenvalue weighted by molar-refractivity contribution is 5.91. The number of pyridine rings is 1. The Balaban J connectivity index is 1.73. The molecule has 3 rings (SSSR count). The smallest absolute Gasteiger partial charge is 0.292 e. The molecule has 6 nitrogen and oxygen atoms in total. The summed E-state index contributed by atoms with van der Waals surface area (Å²) in [4.78, 5) is 18.7. The Morgan fingerprint density at radius 1 is 1.48 bits per heavy atom. The zero-order valence-electron chi connectivity index (χ0n) is 13.6. The number of nitrogens with one attached hydrogen (secondary N) is 1. The van der Waals surface area contributed by atoms with Crippen LogP contribution < -0.4 is 5.32 Å². The van der Waals surface area contributed by atoms with Gasteiger partial charge in [0.25, 0.3) is 5.91 Å². The fourth-order valence-corrected chi connectivity index (χ4v) is 3.01. The van der Waals surface area contributed by atoms with Crippen molar-refractivity contribution in [3.05, 3.63) is 41.4 Å². The van der Waals surface area contributed by atoms with E-state index in [2.05, 4.69) is 21.5 Å². The second-order valence-electron chi connectivity index (χ2n) is 5.85. The number of aryl methyl sites for hydroxylation is 1. The summed E-state index contributed by atoms with van der Waals surface area (Å²) in [5.41, 5.74) is 2.03. The van der Waals surface area contributed by atoms with E-state index in [-0.39, 0.29) is 5.91 Å². The molecule has 1 amide bonds. The van der Waals surface area contributed by atoms with E-state index in [0.29, 0.717) is 18.2 Å². The highest BCUT2D eigenvalue weighted by atomic mass is 16.5. The van der Waals surface area contributed by atoms with Gasteiger partial charge in [-0.15, -0.1) is 0 Å². The first-order valence-corrected chi connectivity index (χ1v) is 8.09. The Hall–Kier alpha value is -2.37. The summed E-state index contributed by atoms with van der Waals surface area (Å²) < 4.78 is 5.19.